The normalized spacial score (nSPS) is 19.3. The zero-order valence-corrected chi connectivity index (χ0v) is 23.3. The van der Waals surface area contributed by atoms with E-state index in [1.165, 1.54) is 0 Å². The summed E-state index contributed by atoms with van der Waals surface area (Å²) in [5.41, 5.74) is 10.4. The lowest BCUT2D eigenvalue weighted by Crippen LogP contribution is -2.51. The molecule has 3 amide bonds. The fourth-order valence-corrected chi connectivity index (χ4v) is 5.91. The van der Waals surface area contributed by atoms with Crippen molar-refractivity contribution in [2.75, 3.05) is 19.6 Å². The Hall–Kier alpha value is -4.30. The first-order chi connectivity index (χ1) is 19.8. The van der Waals surface area contributed by atoms with E-state index in [4.69, 9.17) is 5.73 Å². The molecule has 0 aliphatic carbocycles. The van der Waals surface area contributed by atoms with E-state index in [1.54, 1.807) is 15.6 Å². The number of nitriles is 1. The van der Waals surface area contributed by atoms with Crippen LogP contribution in [-0.4, -0.2) is 74.2 Å². The first kappa shape index (κ1) is 28.2. The van der Waals surface area contributed by atoms with Gasteiger partial charge in [0.25, 0.3) is 0 Å². The summed E-state index contributed by atoms with van der Waals surface area (Å²) < 4.78 is 1.69. The highest BCUT2D eigenvalue weighted by atomic mass is 16.2. The summed E-state index contributed by atoms with van der Waals surface area (Å²) in [5, 5.41) is 20.4. The lowest BCUT2D eigenvalue weighted by atomic mass is 9.95. The molecule has 2 aliphatic heterocycles. The van der Waals surface area contributed by atoms with Crippen LogP contribution in [0.2, 0.25) is 0 Å². The van der Waals surface area contributed by atoms with Crippen LogP contribution >= 0.6 is 0 Å². The second-order valence-electron chi connectivity index (χ2n) is 11.1. The lowest BCUT2D eigenvalue weighted by molar-refractivity contribution is -0.140. The van der Waals surface area contributed by atoms with Crippen molar-refractivity contribution < 1.29 is 14.4 Å². The molecule has 3 aromatic rings. The fraction of sp³-hybridized carbons (Fsp3) is 0.467. The number of hydrogen-bond acceptors (Lipinski definition) is 7. The molecule has 2 aromatic carbocycles. The van der Waals surface area contributed by atoms with E-state index in [-0.39, 0.29) is 43.0 Å². The maximum absolute atomic E-state index is 13.6. The van der Waals surface area contributed by atoms with E-state index in [0.29, 0.717) is 24.9 Å². The Kier molecular flexibility index (Phi) is 8.59. The third kappa shape index (κ3) is 6.55. The molecule has 3 atom stereocenters. The van der Waals surface area contributed by atoms with Crippen molar-refractivity contribution in [1.29, 1.82) is 5.26 Å². The van der Waals surface area contributed by atoms with E-state index < -0.39 is 12.1 Å². The maximum Gasteiger partial charge on any atom is 0.243 e. The lowest BCUT2D eigenvalue weighted by Gasteiger charge is -2.27. The monoisotopic (exact) mass is 556 g/mol. The van der Waals surface area contributed by atoms with Crippen LogP contribution in [0.15, 0.2) is 42.5 Å². The third-order valence-electron chi connectivity index (χ3n) is 8.14. The van der Waals surface area contributed by atoms with Crippen LogP contribution < -0.4 is 11.1 Å². The van der Waals surface area contributed by atoms with Crippen molar-refractivity contribution in [3.05, 3.63) is 59.2 Å². The number of carbonyl (C=O) groups excluding carboxylic acids is 3. The number of fused-ring (bicyclic) bond motifs is 1. The predicted molar refractivity (Wildman–Crippen MR) is 152 cm³/mol. The minimum Gasteiger partial charge on any atom is -0.350 e. The van der Waals surface area contributed by atoms with Crippen molar-refractivity contribution in [3.8, 4) is 6.07 Å². The number of carbonyl (C=O) groups is 3. The molecule has 214 valence electrons. The largest absolute Gasteiger partial charge is 0.350 e. The van der Waals surface area contributed by atoms with Crippen LogP contribution in [0.1, 0.15) is 48.8 Å². The van der Waals surface area contributed by atoms with Gasteiger partial charge in [0.2, 0.25) is 17.7 Å². The molecule has 2 saturated heterocycles. The molecule has 5 rings (SSSR count). The van der Waals surface area contributed by atoms with E-state index >= 15 is 0 Å². The van der Waals surface area contributed by atoms with Crippen molar-refractivity contribution in [1.82, 2.24) is 30.1 Å². The number of hydrogen-bond donors (Lipinski definition) is 2. The zero-order chi connectivity index (χ0) is 28.9. The topological polar surface area (TPSA) is 150 Å². The molecule has 0 radical (unpaired) electrons. The first-order valence-electron chi connectivity index (χ1n) is 14.2. The fourth-order valence-electron chi connectivity index (χ4n) is 5.91. The van der Waals surface area contributed by atoms with Gasteiger partial charge in [-0.25, -0.2) is 4.68 Å². The summed E-state index contributed by atoms with van der Waals surface area (Å²) in [6.07, 6.45) is 3.59. The molecular formula is C30H36N8O3. The van der Waals surface area contributed by atoms with E-state index in [1.807, 2.05) is 48.3 Å². The third-order valence-corrected chi connectivity index (χ3v) is 8.14. The summed E-state index contributed by atoms with van der Waals surface area (Å²) in [4.78, 5) is 43.0. The van der Waals surface area contributed by atoms with E-state index in [9.17, 15) is 19.6 Å². The molecule has 1 aromatic heterocycles. The second-order valence-corrected chi connectivity index (χ2v) is 11.1. The molecule has 11 heteroatoms. The number of nitrogens with one attached hydrogen (secondary N) is 1. The first-order valence-corrected chi connectivity index (χ1v) is 14.2. The van der Waals surface area contributed by atoms with Crippen LogP contribution in [0.25, 0.3) is 11.0 Å². The SMILES string of the molecule is Cn1nnc2cc(CNC(=O)[C@@H]3CC(Cc4cccc(C#N)c4)CN3C(=O)[C@H](N)CCC(=O)N3CCCC3)ccc21. The summed E-state index contributed by atoms with van der Waals surface area (Å²) in [6, 6.07) is 13.7. The molecule has 2 aliphatic rings. The Balaban J connectivity index is 1.26. The second kappa shape index (κ2) is 12.5. The molecule has 0 saturated carbocycles. The van der Waals surface area contributed by atoms with Gasteiger partial charge in [0.15, 0.2) is 0 Å². The smallest absolute Gasteiger partial charge is 0.243 e. The maximum atomic E-state index is 13.6. The van der Waals surface area contributed by atoms with Crippen LogP contribution in [0.4, 0.5) is 0 Å². The Morgan fingerprint density at radius 1 is 1.15 bits per heavy atom. The zero-order valence-electron chi connectivity index (χ0n) is 23.3. The van der Waals surface area contributed by atoms with Gasteiger partial charge in [0, 0.05) is 39.6 Å². The van der Waals surface area contributed by atoms with Crippen LogP contribution in [0.5, 0.6) is 0 Å². The number of aryl methyl sites for hydroxylation is 1. The molecule has 2 fully saturated rings. The Morgan fingerprint density at radius 3 is 2.73 bits per heavy atom. The molecule has 3 heterocycles. The number of rotatable bonds is 9. The molecule has 0 bridgehead atoms. The molecule has 0 spiro atoms. The number of aromatic nitrogens is 3. The predicted octanol–water partition coefficient (Wildman–Crippen LogP) is 1.65. The standard InChI is InChI=1S/C30H36N8O3/c1-36-26-9-7-22(15-25(26)34-35-36)18-33-29(40)27-16-23(14-20-5-4-6-21(13-20)17-31)19-38(27)30(41)24(32)8-10-28(39)37-11-2-3-12-37/h4-7,9,13,15,23-24,27H,2-3,8,10-12,14,16,18-19,32H2,1H3,(H,33,40)/t23?,24-,27+/m1/s1. The number of amides is 3. The summed E-state index contributed by atoms with van der Waals surface area (Å²) in [7, 11) is 1.82. The van der Waals surface area contributed by atoms with Gasteiger partial charge in [-0.2, -0.15) is 5.26 Å². The van der Waals surface area contributed by atoms with Crippen LogP contribution in [0.3, 0.4) is 0 Å². The van der Waals surface area contributed by atoms with Gasteiger partial charge in [0.05, 0.1) is 23.2 Å². The van der Waals surface area contributed by atoms with Crippen LogP contribution in [-0.2, 0) is 34.4 Å². The van der Waals surface area contributed by atoms with Crippen LogP contribution in [0, 0.1) is 17.2 Å². The molecule has 41 heavy (non-hydrogen) atoms. The van der Waals surface area contributed by atoms with E-state index in [0.717, 1.165) is 48.1 Å². The molecule has 11 nitrogen and oxygen atoms in total. The summed E-state index contributed by atoms with van der Waals surface area (Å²) >= 11 is 0. The Labute approximate surface area is 239 Å². The van der Waals surface area contributed by atoms with Gasteiger partial charge in [0.1, 0.15) is 11.6 Å². The van der Waals surface area contributed by atoms with Gasteiger partial charge in [-0.05, 0) is 73.4 Å². The molecular weight excluding hydrogens is 520 g/mol. The number of nitrogens with zero attached hydrogens (tertiary/aromatic N) is 6. The molecule has 3 N–H and O–H groups in total. The van der Waals surface area contributed by atoms with Gasteiger partial charge in [-0.3, -0.25) is 14.4 Å². The van der Waals surface area contributed by atoms with Gasteiger partial charge < -0.3 is 20.9 Å². The van der Waals surface area contributed by atoms with Gasteiger partial charge in [-0.1, -0.05) is 23.4 Å². The Morgan fingerprint density at radius 2 is 1.95 bits per heavy atom. The van der Waals surface area contributed by atoms with Gasteiger partial charge in [-0.15, -0.1) is 5.10 Å². The quantitative estimate of drug-likeness (QED) is 0.407. The number of likely N-dealkylation sites (tertiary alicyclic amines) is 2. The minimum absolute atomic E-state index is 0.0248. The van der Waals surface area contributed by atoms with Crippen molar-refractivity contribution in [2.45, 2.75) is 57.2 Å². The Bertz CT molecular complexity index is 1470. The average molecular weight is 557 g/mol. The number of benzene rings is 2. The summed E-state index contributed by atoms with van der Waals surface area (Å²) in [5.74, 6) is -0.505. The average Bonchev–Trinajstić information content (AvgIpc) is 3.75. The van der Waals surface area contributed by atoms with Crippen molar-refractivity contribution in [3.63, 3.8) is 0 Å². The minimum atomic E-state index is -0.864. The van der Waals surface area contributed by atoms with Crippen molar-refractivity contribution >= 4 is 28.8 Å². The highest BCUT2D eigenvalue weighted by molar-refractivity contribution is 5.91. The highest BCUT2D eigenvalue weighted by Gasteiger charge is 2.41. The van der Waals surface area contributed by atoms with Gasteiger partial charge >= 0.3 is 0 Å². The van der Waals surface area contributed by atoms with Crippen molar-refractivity contribution in [2.24, 2.45) is 18.7 Å². The number of nitrogens with two attached hydrogens (primary N) is 1. The highest BCUT2D eigenvalue weighted by Crippen LogP contribution is 2.28. The summed E-state index contributed by atoms with van der Waals surface area (Å²) in [6.45, 7) is 2.19. The molecule has 1 unspecified atom stereocenters. The van der Waals surface area contributed by atoms with E-state index in [2.05, 4.69) is 21.7 Å².